The molecule has 0 aliphatic rings. The van der Waals surface area contributed by atoms with Gasteiger partial charge in [-0.05, 0) is 42.2 Å². The summed E-state index contributed by atoms with van der Waals surface area (Å²) in [7, 11) is 0. The second-order valence-corrected chi connectivity index (χ2v) is 7.66. The van der Waals surface area contributed by atoms with Crippen LogP contribution in [0.3, 0.4) is 0 Å². The van der Waals surface area contributed by atoms with E-state index < -0.39 is 0 Å². The fourth-order valence-electron chi connectivity index (χ4n) is 2.28. The van der Waals surface area contributed by atoms with Crippen molar-refractivity contribution in [1.82, 2.24) is 5.32 Å². The summed E-state index contributed by atoms with van der Waals surface area (Å²) in [4.78, 5) is 12.2. The molecule has 0 aliphatic heterocycles. The van der Waals surface area contributed by atoms with Crippen LogP contribution in [0, 0.1) is 11.3 Å². The molecule has 0 saturated carbocycles. The minimum atomic E-state index is -0.0851. The highest BCUT2D eigenvalue weighted by atomic mass is 16.1. The molecule has 0 aliphatic carbocycles. The molecule has 0 bridgehead atoms. The first kappa shape index (κ1) is 17.7. The summed E-state index contributed by atoms with van der Waals surface area (Å²) in [5.41, 5.74) is 2.69. The number of carbonyl (C=O) groups excluding carboxylic acids is 1. The fraction of sp³-hybridized carbons (Fsp3) is 0.632. The van der Waals surface area contributed by atoms with Crippen molar-refractivity contribution in [2.24, 2.45) is 11.3 Å². The molecule has 0 spiro atoms. The van der Waals surface area contributed by atoms with Gasteiger partial charge in [0.05, 0.1) is 5.92 Å². The van der Waals surface area contributed by atoms with Gasteiger partial charge < -0.3 is 5.32 Å². The SMILES string of the molecule is CC(C)Cc1ccc(C(C)C(=O)NCCC(C)(C)C)cc1. The molecule has 2 heteroatoms. The van der Waals surface area contributed by atoms with Crippen molar-refractivity contribution in [1.29, 1.82) is 0 Å². The van der Waals surface area contributed by atoms with Gasteiger partial charge in [0.15, 0.2) is 0 Å². The summed E-state index contributed by atoms with van der Waals surface area (Å²) >= 11 is 0. The summed E-state index contributed by atoms with van der Waals surface area (Å²) in [5.74, 6) is 0.697. The number of nitrogens with one attached hydrogen (secondary N) is 1. The lowest BCUT2D eigenvalue weighted by molar-refractivity contribution is -0.122. The standard InChI is InChI=1S/C19H31NO/c1-14(2)13-16-7-9-17(10-8-16)15(3)18(21)20-12-11-19(4,5)6/h7-10,14-15H,11-13H2,1-6H3,(H,20,21). The number of benzene rings is 1. The number of carbonyl (C=O) groups is 1. The third-order valence-corrected chi connectivity index (χ3v) is 3.69. The van der Waals surface area contributed by atoms with Gasteiger partial charge in [0.25, 0.3) is 0 Å². The normalized spacial score (nSPS) is 13.3. The number of hydrogen-bond donors (Lipinski definition) is 1. The van der Waals surface area contributed by atoms with E-state index in [2.05, 4.69) is 64.2 Å². The number of rotatable bonds is 6. The van der Waals surface area contributed by atoms with E-state index in [4.69, 9.17) is 0 Å². The Kier molecular flexibility index (Phi) is 6.44. The van der Waals surface area contributed by atoms with Gasteiger partial charge in [0.2, 0.25) is 5.91 Å². The van der Waals surface area contributed by atoms with Gasteiger partial charge in [-0.25, -0.2) is 0 Å². The Hall–Kier alpha value is -1.31. The summed E-state index contributed by atoms with van der Waals surface area (Å²) < 4.78 is 0. The Balaban J connectivity index is 2.54. The highest BCUT2D eigenvalue weighted by Gasteiger charge is 2.16. The molecule has 2 nitrogen and oxygen atoms in total. The van der Waals surface area contributed by atoms with Crippen LogP contribution in [-0.4, -0.2) is 12.5 Å². The van der Waals surface area contributed by atoms with Crippen LogP contribution in [0.1, 0.15) is 65.0 Å². The van der Waals surface area contributed by atoms with E-state index in [1.54, 1.807) is 0 Å². The van der Waals surface area contributed by atoms with E-state index >= 15 is 0 Å². The molecule has 1 aromatic carbocycles. The van der Waals surface area contributed by atoms with Crippen molar-refractivity contribution in [3.05, 3.63) is 35.4 Å². The molecular weight excluding hydrogens is 258 g/mol. The molecule has 118 valence electrons. The first-order valence-corrected chi connectivity index (χ1v) is 8.05. The van der Waals surface area contributed by atoms with Crippen molar-refractivity contribution < 1.29 is 4.79 Å². The lowest BCUT2D eigenvalue weighted by atomic mass is 9.92. The molecule has 1 rings (SSSR count). The zero-order valence-electron chi connectivity index (χ0n) is 14.5. The highest BCUT2D eigenvalue weighted by molar-refractivity contribution is 5.83. The smallest absolute Gasteiger partial charge is 0.227 e. The monoisotopic (exact) mass is 289 g/mol. The van der Waals surface area contributed by atoms with Gasteiger partial charge in [-0.2, -0.15) is 0 Å². The lowest BCUT2D eigenvalue weighted by Gasteiger charge is -2.19. The van der Waals surface area contributed by atoms with Crippen LogP contribution in [0.4, 0.5) is 0 Å². The number of amides is 1. The van der Waals surface area contributed by atoms with Crippen LogP contribution in [0.5, 0.6) is 0 Å². The van der Waals surface area contributed by atoms with Crippen LogP contribution < -0.4 is 5.32 Å². The molecule has 1 N–H and O–H groups in total. The van der Waals surface area contributed by atoms with Gasteiger partial charge >= 0.3 is 0 Å². The van der Waals surface area contributed by atoms with Crippen LogP contribution in [-0.2, 0) is 11.2 Å². The van der Waals surface area contributed by atoms with E-state index in [0.29, 0.717) is 5.92 Å². The van der Waals surface area contributed by atoms with E-state index in [-0.39, 0.29) is 17.2 Å². The molecular formula is C19H31NO. The Bertz CT molecular complexity index is 440. The second-order valence-electron chi connectivity index (χ2n) is 7.66. The third-order valence-electron chi connectivity index (χ3n) is 3.69. The van der Waals surface area contributed by atoms with E-state index in [0.717, 1.165) is 24.9 Å². The molecule has 0 aromatic heterocycles. The van der Waals surface area contributed by atoms with Crippen LogP contribution >= 0.6 is 0 Å². The van der Waals surface area contributed by atoms with Gasteiger partial charge in [0, 0.05) is 6.54 Å². The molecule has 0 heterocycles. The molecule has 1 atom stereocenters. The first-order chi connectivity index (χ1) is 9.69. The number of hydrogen-bond acceptors (Lipinski definition) is 1. The average Bonchev–Trinajstić information content (AvgIpc) is 2.36. The lowest BCUT2D eigenvalue weighted by Crippen LogP contribution is -2.30. The molecule has 21 heavy (non-hydrogen) atoms. The van der Waals surface area contributed by atoms with Crippen molar-refractivity contribution in [3.8, 4) is 0 Å². The average molecular weight is 289 g/mol. The topological polar surface area (TPSA) is 29.1 Å². The minimum absolute atomic E-state index is 0.0851. The van der Waals surface area contributed by atoms with Gasteiger partial charge in [-0.15, -0.1) is 0 Å². The largest absolute Gasteiger partial charge is 0.356 e. The molecule has 1 unspecified atom stereocenters. The summed E-state index contributed by atoms with van der Waals surface area (Å²) in [6.45, 7) is 13.7. The van der Waals surface area contributed by atoms with Crippen molar-refractivity contribution in [3.63, 3.8) is 0 Å². The highest BCUT2D eigenvalue weighted by Crippen LogP contribution is 2.19. The zero-order chi connectivity index (χ0) is 16.0. The maximum Gasteiger partial charge on any atom is 0.227 e. The Morgan fingerprint density at radius 3 is 2.14 bits per heavy atom. The van der Waals surface area contributed by atoms with Crippen molar-refractivity contribution in [2.75, 3.05) is 6.54 Å². The van der Waals surface area contributed by atoms with Crippen molar-refractivity contribution >= 4 is 5.91 Å². The van der Waals surface area contributed by atoms with E-state index in [1.165, 1.54) is 5.56 Å². The van der Waals surface area contributed by atoms with Gasteiger partial charge in [-0.1, -0.05) is 58.9 Å². The predicted octanol–water partition coefficient (Wildman–Crippen LogP) is 4.54. The molecule has 0 saturated heterocycles. The van der Waals surface area contributed by atoms with Crippen LogP contribution in [0.25, 0.3) is 0 Å². The first-order valence-electron chi connectivity index (χ1n) is 8.05. The van der Waals surface area contributed by atoms with E-state index in [9.17, 15) is 4.79 Å². The summed E-state index contributed by atoms with van der Waals surface area (Å²) in [5, 5.41) is 3.05. The third kappa shape index (κ3) is 6.79. The second kappa shape index (κ2) is 7.63. The Morgan fingerprint density at radius 1 is 1.10 bits per heavy atom. The summed E-state index contributed by atoms with van der Waals surface area (Å²) in [6.07, 6.45) is 2.09. The molecule has 1 aromatic rings. The molecule has 1 amide bonds. The van der Waals surface area contributed by atoms with Crippen LogP contribution in [0.2, 0.25) is 0 Å². The van der Waals surface area contributed by atoms with Gasteiger partial charge in [0.1, 0.15) is 0 Å². The van der Waals surface area contributed by atoms with Crippen molar-refractivity contribution in [2.45, 2.75) is 60.3 Å². The van der Waals surface area contributed by atoms with Crippen LogP contribution in [0.15, 0.2) is 24.3 Å². The fourth-order valence-corrected chi connectivity index (χ4v) is 2.28. The maximum absolute atomic E-state index is 12.2. The van der Waals surface area contributed by atoms with Gasteiger partial charge in [-0.3, -0.25) is 4.79 Å². The maximum atomic E-state index is 12.2. The Morgan fingerprint density at radius 2 is 1.67 bits per heavy atom. The zero-order valence-corrected chi connectivity index (χ0v) is 14.5. The quantitative estimate of drug-likeness (QED) is 0.818. The molecule has 0 radical (unpaired) electrons. The Labute approximate surface area is 130 Å². The predicted molar refractivity (Wildman–Crippen MR) is 90.5 cm³/mol. The minimum Gasteiger partial charge on any atom is -0.356 e. The molecule has 0 fully saturated rings. The van der Waals surface area contributed by atoms with E-state index in [1.807, 2.05) is 6.92 Å². The summed E-state index contributed by atoms with van der Waals surface area (Å²) in [6, 6.07) is 8.47.